The first-order valence-electron chi connectivity index (χ1n) is 7.55. The quantitative estimate of drug-likeness (QED) is 0.545. The van der Waals surface area contributed by atoms with Crippen molar-refractivity contribution in [2.24, 2.45) is 5.41 Å². The van der Waals surface area contributed by atoms with E-state index in [-0.39, 0.29) is 5.41 Å². The Hall–Kier alpha value is -1.04. The van der Waals surface area contributed by atoms with E-state index in [0.29, 0.717) is 0 Å². The molecular weight excluding hydrogens is 228 g/mol. The predicted molar refractivity (Wildman–Crippen MR) is 90.9 cm³/mol. The Kier molecular flexibility index (Phi) is 10.5. The van der Waals surface area contributed by atoms with Crippen molar-refractivity contribution in [1.29, 1.82) is 0 Å². The van der Waals surface area contributed by atoms with Gasteiger partial charge in [-0.25, -0.2) is 0 Å². The van der Waals surface area contributed by atoms with Crippen LogP contribution in [0, 0.1) is 19.3 Å². The largest absolute Gasteiger partial charge is 0.0996 e. The van der Waals surface area contributed by atoms with Crippen LogP contribution in [0.1, 0.15) is 65.2 Å². The van der Waals surface area contributed by atoms with Crippen molar-refractivity contribution < 1.29 is 0 Å². The number of hydrogen-bond acceptors (Lipinski definition) is 0. The third kappa shape index (κ3) is 7.20. The lowest BCUT2D eigenvalue weighted by Crippen LogP contribution is -2.16. The van der Waals surface area contributed by atoms with Gasteiger partial charge in [0.25, 0.3) is 0 Å². The van der Waals surface area contributed by atoms with Gasteiger partial charge >= 0.3 is 0 Å². The van der Waals surface area contributed by atoms with Crippen molar-refractivity contribution >= 4 is 0 Å². The summed E-state index contributed by atoms with van der Waals surface area (Å²) in [5.74, 6) is 0. The van der Waals surface area contributed by atoms with Crippen LogP contribution in [0.2, 0.25) is 0 Å². The second kappa shape index (κ2) is 9.83. The van der Waals surface area contributed by atoms with Crippen molar-refractivity contribution in [2.45, 2.75) is 68.7 Å². The molecule has 1 rings (SSSR count). The summed E-state index contributed by atoms with van der Waals surface area (Å²) in [6.45, 7) is 23.0. The minimum absolute atomic E-state index is 0.193. The smallest absolute Gasteiger partial charge is 0.0110 e. The van der Waals surface area contributed by atoms with E-state index in [1.165, 1.54) is 22.3 Å². The molecule has 0 aliphatic carbocycles. The molecule has 0 saturated carbocycles. The first-order chi connectivity index (χ1) is 8.83. The molecule has 0 saturated heterocycles. The SMILES string of the molecule is C=C(C)C(C)(C)Cc1cc(C)ccc1C.CC.CC. The number of allylic oxidation sites excluding steroid dienone is 1. The molecule has 0 aromatic heterocycles. The Balaban J connectivity index is 0. The molecule has 1 aromatic carbocycles. The molecule has 0 nitrogen and oxygen atoms in total. The summed E-state index contributed by atoms with van der Waals surface area (Å²) in [5.41, 5.74) is 5.62. The van der Waals surface area contributed by atoms with Crippen molar-refractivity contribution in [3.63, 3.8) is 0 Å². The van der Waals surface area contributed by atoms with E-state index in [0.717, 1.165) is 6.42 Å². The molecule has 0 bridgehead atoms. The Morgan fingerprint density at radius 1 is 1.05 bits per heavy atom. The number of hydrogen-bond donors (Lipinski definition) is 0. The van der Waals surface area contributed by atoms with E-state index >= 15 is 0 Å². The number of rotatable bonds is 3. The Morgan fingerprint density at radius 3 is 1.95 bits per heavy atom. The molecule has 19 heavy (non-hydrogen) atoms. The van der Waals surface area contributed by atoms with Crippen molar-refractivity contribution in [2.75, 3.05) is 0 Å². The summed E-state index contributed by atoms with van der Waals surface area (Å²) in [6, 6.07) is 6.67. The highest BCUT2D eigenvalue weighted by Crippen LogP contribution is 2.30. The predicted octanol–water partition coefficient (Wildman–Crippen LogP) is 6.50. The highest BCUT2D eigenvalue weighted by atomic mass is 14.2. The normalized spacial score (nSPS) is 9.74. The van der Waals surface area contributed by atoms with Gasteiger partial charge in [-0.3, -0.25) is 0 Å². The summed E-state index contributed by atoms with van der Waals surface area (Å²) in [7, 11) is 0. The highest BCUT2D eigenvalue weighted by Gasteiger charge is 2.19. The van der Waals surface area contributed by atoms with Gasteiger partial charge in [-0.1, -0.05) is 77.5 Å². The zero-order chi connectivity index (χ0) is 15.6. The van der Waals surface area contributed by atoms with E-state index in [1.54, 1.807) is 0 Å². The van der Waals surface area contributed by atoms with Gasteiger partial charge in [0.05, 0.1) is 0 Å². The Labute approximate surface area is 121 Å². The van der Waals surface area contributed by atoms with E-state index in [9.17, 15) is 0 Å². The second-order valence-corrected chi connectivity index (χ2v) is 5.27. The molecular formula is C19H34. The molecule has 0 N–H and O–H groups in total. The fraction of sp³-hybridized carbons (Fsp3) is 0.579. The van der Waals surface area contributed by atoms with Crippen LogP contribution in [0.15, 0.2) is 30.4 Å². The molecule has 0 aliphatic rings. The molecule has 0 spiro atoms. The van der Waals surface area contributed by atoms with E-state index in [1.807, 2.05) is 27.7 Å². The summed E-state index contributed by atoms with van der Waals surface area (Å²) in [6.07, 6.45) is 1.08. The maximum Gasteiger partial charge on any atom is -0.0110 e. The molecule has 0 atom stereocenters. The van der Waals surface area contributed by atoms with Gasteiger partial charge in [0.1, 0.15) is 0 Å². The van der Waals surface area contributed by atoms with Gasteiger partial charge < -0.3 is 0 Å². The lowest BCUT2D eigenvalue weighted by molar-refractivity contribution is 0.444. The Morgan fingerprint density at radius 2 is 1.53 bits per heavy atom. The zero-order valence-corrected chi connectivity index (χ0v) is 14.6. The molecule has 0 fully saturated rings. The molecule has 0 heterocycles. The van der Waals surface area contributed by atoms with Gasteiger partial charge in [-0.15, -0.1) is 0 Å². The van der Waals surface area contributed by atoms with Gasteiger partial charge in [-0.2, -0.15) is 0 Å². The molecule has 1 aromatic rings. The van der Waals surface area contributed by atoms with Crippen LogP contribution >= 0.6 is 0 Å². The minimum Gasteiger partial charge on any atom is -0.0996 e. The van der Waals surface area contributed by atoms with Crippen LogP contribution in [0.5, 0.6) is 0 Å². The fourth-order valence-corrected chi connectivity index (χ4v) is 1.62. The first kappa shape index (κ1) is 20.3. The van der Waals surface area contributed by atoms with E-state index in [2.05, 4.69) is 59.4 Å². The van der Waals surface area contributed by atoms with Gasteiger partial charge in [0, 0.05) is 0 Å². The van der Waals surface area contributed by atoms with E-state index < -0.39 is 0 Å². The van der Waals surface area contributed by atoms with Crippen molar-refractivity contribution in [3.8, 4) is 0 Å². The summed E-state index contributed by atoms with van der Waals surface area (Å²) in [4.78, 5) is 0. The molecule has 0 unspecified atom stereocenters. The third-order valence-corrected chi connectivity index (χ3v) is 3.29. The van der Waals surface area contributed by atoms with Gasteiger partial charge in [0.15, 0.2) is 0 Å². The fourth-order valence-electron chi connectivity index (χ4n) is 1.62. The average Bonchev–Trinajstić information content (AvgIpc) is 2.38. The molecule has 0 heteroatoms. The third-order valence-electron chi connectivity index (χ3n) is 3.29. The molecule has 0 radical (unpaired) electrons. The minimum atomic E-state index is 0.193. The van der Waals surface area contributed by atoms with Crippen LogP contribution in [0.3, 0.4) is 0 Å². The average molecular weight is 262 g/mol. The van der Waals surface area contributed by atoms with E-state index in [4.69, 9.17) is 0 Å². The summed E-state index contributed by atoms with van der Waals surface area (Å²) < 4.78 is 0. The van der Waals surface area contributed by atoms with Crippen LogP contribution in [-0.4, -0.2) is 0 Å². The lowest BCUT2D eigenvalue weighted by Gasteiger charge is -2.26. The second-order valence-electron chi connectivity index (χ2n) is 5.27. The standard InChI is InChI=1S/C15H22.2C2H6/c1-11(2)15(5,6)10-14-9-12(3)7-8-13(14)4;2*1-2/h7-9H,1,10H2,2-6H3;2*1-2H3. The first-order valence-corrected chi connectivity index (χ1v) is 7.55. The number of aryl methyl sites for hydroxylation is 2. The van der Waals surface area contributed by atoms with Gasteiger partial charge in [-0.05, 0) is 43.7 Å². The maximum absolute atomic E-state index is 4.08. The maximum atomic E-state index is 4.08. The van der Waals surface area contributed by atoms with Crippen molar-refractivity contribution in [3.05, 3.63) is 47.0 Å². The molecule has 0 amide bonds. The Bertz CT molecular complexity index is 370. The van der Waals surface area contributed by atoms with Crippen LogP contribution in [-0.2, 0) is 6.42 Å². The summed E-state index contributed by atoms with van der Waals surface area (Å²) >= 11 is 0. The van der Waals surface area contributed by atoms with Crippen LogP contribution in [0.25, 0.3) is 0 Å². The molecule has 0 aliphatic heterocycles. The van der Waals surface area contributed by atoms with Crippen molar-refractivity contribution in [1.82, 2.24) is 0 Å². The lowest BCUT2D eigenvalue weighted by atomic mass is 9.79. The van der Waals surface area contributed by atoms with Crippen LogP contribution in [0.4, 0.5) is 0 Å². The van der Waals surface area contributed by atoms with Gasteiger partial charge in [0.2, 0.25) is 0 Å². The zero-order valence-electron chi connectivity index (χ0n) is 14.6. The molecule has 110 valence electrons. The highest BCUT2D eigenvalue weighted by molar-refractivity contribution is 5.32. The number of benzene rings is 1. The monoisotopic (exact) mass is 262 g/mol. The van der Waals surface area contributed by atoms with Crippen LogP contribution < -0.4 is 0 Å². The topological polar surface area (TPSA) is 0 Å². The summed E-state index contributed by atoms with van der Waals surface area (Å²) in [5, 5.41) is 0.